The molecule has 0 spiro atoms. The monoisotopic (exact) mass is 397 g/mol. The summed E-state index contributed by atoms with van der Waals surface area (Å²) >= 11 is 0. The van der Waals surface area contributed by atoms with Crippen molar-refractivity contribution in [2.45, 2.75) is 45.8 Å². The van der Waals surface area contributed by atoms with Crippen molar-refractivity contribution in [3.8, 4) is 0 Å². The van der Waals surface area contributed by atoms with Crippen LogP contribution in [0.1, 0.15) is 54.7 Å². The van der Waals surface area contributed by atoms with Gasteiger partial charge in [0.2, 0.25) is 0 Å². The highest BCUT2D eigenvalue weighted by Crippen LogP contribution is 2.14. The third-order valence-corrected chi connectivity index (χ3v) is 4.70. The maximum atomic E-state index is 12.2. The van der Waals surface area contributed by atoms with Crippen molar-refractivity contribution in [3.63, 3.8) is 0 Å². The van der Waals surface area contributed by atoms with Crippen LogP contribution in [0.4, 0.5) is 4.79 Å². The number of hydrogen-bond acceptors (Lipinski definition) is 3. The molecule has 6 nitrogen and oxygen atoms in total. The average molecular weight is 398 g/mol. The van der Waals surface area contributed by atoms with Gasteiger partial charge in [0, 0.05) is 25.2 Å². The van der Waals surface area contributed by atoms with E-state index in [-0.39, 0.29) is 23.7 Å². The van der Waals surface area contributed by atoms with E-state index < -0.39 is 5.97 Å². The summed E-state index contributed by atoms with van der Waals surface area (Å²) in [6.45, 7) is 7.34. The van der Waals surface area contributed by atoms with Gasteiger partial charge in [0.05, 0.1) is 5.56 Å². The van der Waals surface area contributed by atoms with Crippen LogP contribution in [0.3, 0.4) is 0 Å². The molecule has 6 heteroatoms. The first-order valence-electron chi connectivity index (χ1n) is 10.00. The Labute approximate surface area is 172 Å². The van der Waals surface area contributed by atoms with Crippen molar-refractivity contribution in [2.75, 3.05) is 6.54 Å². The molecule has 2 rings (SSSR count). The predicted octanol–water partition coefficient (Wildman–Crippen LogP) is 3.95. The second-order valence-corrected chi connectivity index (χ2v) is 7.69. The van der Waals surface area contributed by atoms with E-state index in [0.29, 0.717) is 19.0 Å². The Hall–Kier alpha value is -2.86. The van der Waals surface area contributed by atoms with Crippen LogP contribution in [0.25, 0.3) is 0 Å². The molecule has 0 aliphatic carbocycles. The molecule has 0 aliphatic rings. The second-order valence-electron chi connectivity index (χ2n) is 7.69. The normalized spacial score (nSPS) is 13.0. The highest BCUT2D eigenvalue weighted by molar-refractivity contribution is 5.87. The van der Waals surface area contributed by atoms with Gasteiger partial charge in [-0.3, -0.25) is 0 Å². The Bertz CT molecular complexity index is 776. The van der Waals surface area contributed by atoms with Gasteiger partial charge in [0.1, 0.15) is 0 Å². The number of carbonyl (C=O) groups excluding carboxylic acids is 1. The zero-order chi connectivity index (χ0) is 21.2. The third kappa shape index (κ3) is 7.95. The minimum atomic E-state index is -0.962. The maximum Gasteiger partial charge on any atom is 0.335 e. The summed E-state index contributed by atoms with van der Waals surface area (Å²) in [6, 6.07) is 16.8. The van der Waals surface area contributed by atoms with Crippen LogP contribution in [-0.4, -0.2) is 29.7 Å². The van der Waals surface area contributed by atoms with Crippen LogP contribution in [0.2, 0.25) is 0 Å². The zero-order valence-corrected chi connectivity index (χ0v) is 17.3. The summed E-state index contributed by atoms with van der Waals surface area (Å²) in [4.78, 5) is 23.1. The first kappa shape index (κ1) is 22.4. The highest BCUT2D eigenvalue weighted by atomic mass is 16.4. The summed E-state index contributed by atoms with van der Waals surface area (Å²) in [5.74, 6) is -0.455. The lowest BCUT2D eigenvalue weighted by Gasteiger charge is -2.25. The molecule has 0 saturated heterocycles. The molecule has 2 amide bonds. The Balaban J connectivity index is 1.82. The molecule has 0 aromatic heterocycles. The van der Waals surface area contributed by atoms with Gasteiger partial charge in [0.25, 0.3) is 0 Å². The molecule has 0 radical (unpaired) electrons. The molecule has 0 fully saturated rings. The van der Waals surface area contributed by atoms with E-state index in [1.54, 1.807) is 12.1 Å². The number of carbonyl (C=O) groups is 2. The van der Waals surface area contributed by atoms with Gasteiger partial charge in [-0.25, -0.2) is 9.59 Å². The predicted molar refractivity (Wildman–Crippen MR) is 115 cm³/mol. The standard InChI is InChI=1S/C23H31N3O3/c1-16(2)13-21(26-17(3)19-7-5-4-6-8-19)15-25-23(29)24-14-18-9-11-20(12-10-18)22(27)28/h4-12,16-17,21,26H,13-15H2,1-3H3,(H,27,28)(H2,24,25,29). The van der Waals surface area contributed by atoms with Gasteiger partial charge < -0.3 is 21.1 Å². The fraction of sp³-hybridized carbons (Fsp3) is 0.391. The Morgan fingerprint density at radius 1 is 0.931 bits per heavy atom. The van der Waals surface area contributed by atoms with Crippen LogP contribution >= 0.6 is 0 Å². The summed E-state index contributed by atoms with van der Waals surface area (Å²) in [6.07, 6.45) is 0.952. The number of aromatic carboxylic acids is 1. The molecule has 2 aromatic rings. The van der Waals surface area contributed by atoms with E-state index in [4.69, 9.17) is 5.11 Å². The molecular formula is C23H31N3O3. The number of carboxylic acid groups (broad SMARTS) is 1. The van der Waals surface area contributed by atoms with E-state index in [9.17, 15) is 9.59 Å². The van der Waals surface area contributed by atoms with Crippen molar-refractivity contribution >= 4 is 12.0 Å². The number of urea groups is 1. The van der Waals surface area contributed by atoms with Crippen LogP contribution in [0.15, 0.2) is 54.6 Å². The highest BCUT2D eigenvalue weighted by Gasteiger charge is 2.16. The second kappa shape index (κ2) is 11.2. The Morgan fingerprint density at radius 3 is 2.17 bits per heavy atom. The van der Waals surface area contributed by atoms with Gasteiger partial charge in [0.15, 0.2) is 0 Å². The quantitative estimate of drug-likeness (QED) is 0.489. The van der Waals surface area contributed by atoms with Crippen molar-refractivity contribution in [1.82, 2.24) is 16.0 Å². The molecule has 0 bridgehead atoms. The number of rotatable bonds is 10. The van der Waals surface area contributed by atoms with Crippen LogP contribution in [0.5, 0.6) is 0 Å². The number of benzene rings is 2. The smallest absolute Gasteiger partial charge is 0.335 e. The Kier molecular flexibility index (Phi) is 8.68. The summed E-state index contributed by atoms with van der Waals surface area (Å²) < 4.78 is 0. The van der Waals surface area contributed by atoms with E-state index in [2.05, 4.69) is 48.9 Å². The molecule has 2 aromatic carbocycles. The maximum absolute atomic E-state index is 12.2. The molecule has 2 unspecified atom stereocenters. The minimum absolute atomic E-state index is 0.158. The fourth-order valence-corrected chi connectivity index (χ4v) is 3.20. The molecule has 4 N–H and O–H groups in total. The third-order valence-electron chi connectivity index (χ3n) is 4.70. The van der Waals surface area contributed by atoms with Crippen LogP contribution < -0.4 is 16.0 Å². The van der Waals surface area contributed by atoms with E-state index in [1.807, 2.05) is 18.2 Å². The van der Waals surface area contributed by atoms with Crippen molar-refractivity contribution in [1.29, 1.82) is 0 Å². The molecule has 29 heavy (non-hydrogen) atoms. The van der Waals surface area contributed by atoms with E-state index in [1.165, 1.54) is 17.7 Å². The molecule has 156 valence electrons. The number of carboxylic acids is 1. The van der Waals surface area contributed by atoms with E-state index in [0.717, 1.165) is 12.0 Å². The van der Waals surface area contributed by atoms with Gasteiger partial charge in [-0.1, -0.05) is 56.3 Å². The van der Waals surface area contributed by atoms with E-state index >= 15 is 0 Å². The fourth-order valence-electron chi connectivity index (χ4n) is 3.20. The number of amides is 2. The van der Waals surface area contributed by atoms with Gasteiger partial charge in [-0.2, -0.15) is 0 Å². The lowest BCUT2D eigenvalue weighted by molar-refractivity contribution is 0.0697. The molecular weight excluding hydrogens is 366 g/mol. The largest absolute Gasteiger partial charge is 0.478 e. The van der Waals surface area contributed by atoms with Crippen molar-refractivity contribution < 1.29 is 14.7 Å². The number of nitrogens with one attached hydrogen (secondary N) is 3. The van der Waals surface area contributed by atoms with Crippen LogP contribution in [-0.2, 0) is 6.54 Å². The minimum Gasteiger partial charge on any atom is -0.478 e. The SMILES string of the molecule is CC(C)CC(CNC(=O)NCc1ccc(C(=O)O)cc1)NC(C)c1ccccc1. The van der Waals surface area contributed by atoms with Gasteiger partial charge in [-0.05, 0) is 42.5 Å². The van der Waals surface area contributed by atoms with Crippen molar-refractivity contribution in [3.05, 3.63) is 71.3 Å². The topological polar surface area (TPSA) is 90.5 Å². The lowest BCUT2D eigenvalue weighted by atomic mass is 10.0. The lowest BCUT2D eigenvalue weighted by Crippen LogP contribution is -2.45. The Morgan fingerprint density at radius 2 is 1.59 bits per heavy atom. The van der Waals surface area contributed by atoms with Crippen LogP contribution in [0, 0.1) is 5.92 Å². The summed E-state index contributed by atoms with van der Waals surface area (Å²) in [5.41, 5.74) is 2.29. The average Bonchev–Trinajstić information content (AvgIpc) is 2.71. The first-order valence-corrected chi connectivity index (χ1v) is 10.00. The van der Waals surface area contributed by atoms with Gasteiger partial charge in [-0.15, -0.1) is 0 Å². The van der Waals surface area contributed by atoms with Crippen molar-refractivity contribution in [2.24, 2.45) is 5.92 Å². The number of hydrogen-bond donors (Lipinski definition) is 4. The first-order chi connectivity index (χ1) is 13.8. The summed E-state index contributed by atoms with van der Waals surface area (Å²) in [5, 5.41) is 18.3. The molecule has 0 saturated carbocycles. The zero-order valence-electron chi connectivity index (χ0n) is 17.3. The van der Waals surface area contributed by atoms with Gasteiger partial charge >= 0.3 is 12.0 Å². The molecule has 0 heterocycles. The summed E-state index contributed by atoms with van der Waals surface area (Å²) in [7, 11) is 0. The molecule has 2 atom stereocenters. The molecule has 0 aliphatic heterocycles.